The van der Waals surface area contributed by atoms with E-state index in [1.807, 2.05) is 13.1 Å². The van der Waals surface area contributed by atoms with Gasteiger partial charge in [-0.1, -0.05) is 37.8 Å². The first kappa shape index (κ1) is 19.2. The molecule has 1 aliphatic heterocycles. The third kappa shape index (κ3) is 4.78. The van der Waals surface area contributed by atoms with Crippen molar-refractivity contribution in [1.29, 1.82) is 0 Å². The van der Waals surface area contributed by atoms with Crippen LogP contribution in [0.25, 0.3) is 0 Å². The minimum Gasteiger partial charge on any atom is -0.359 e. The van der Waals surface area contributed by atoms with Gasteiger partial charge in [-0.15, -0.1) is 0 Å². The van der Waals surface area contributed by atoms with E-state index in [1.54, 1.807) is 0 Å². The molecule has 0 aromatic carbocycles. The number of nitrogens with one attached hydrogen (secondary N) is 2. The van der Waals surface area contributed by atoms with Gasteiger partial charge in [-0.25, -0.2) is 0 Å². The number of nitrogens with zero attached hydrogens (tertiary/aromatic N) is 3. The quantitative estimate of drug-likeness (QED) is 0.602. The molecule has 146 valence electrons. The van der Waals surface area contributed by atoms with Crippen LogP contribution in [0.4, 0.5) is 0 Å². The zero-order valence-corrected chi connectivity index (χ0v) is 16.5. The van der Waals surface area contributed by atoms with Crippen LogP contribution in [0.2, 0.25) is 0 Å². The first-order chi connectivity index (χ1) is 12.8. The van der Waals surface area contributed by atoms with E-state index in [1.165, 1.54) is 64.5 Å². The third-order valence-corrected chi connectivity index (χ3v) is 6.02. The highest BCUT2D eigenvalue weighted by molar-refractivity contribution is 5.79. The van der Waals surface area contributed by atoms with Gasteiger partial charge in [0, 0.05) is 25.2 Å². The second-order valence-electron chi connectivity index (χ2n) is 7.75. The molecule has 0 atom stereocenters. The van der Waals surface area contributed by atoms with Crippen molar-refractivity contribution >= 4 is 5.96 Å². The van der Waals surface area contributed by atoms with Gasteiger partial charge in [-0.2, -0.15) is 0 Å². The molecular weight excluding hydrogens is 326 g/mol. The molecule has 1 aliphatic carbocycles. The SMILES string of the molecule is CCc1cc(CNC(=NC)NCC2(N3CCCCC3)CCCCC2)on1. The Kier molecular flexibility index (Phi) is 6.94. The van der Waals surface area contributed by atoms with Crippen LogP contribution in [0.5, 0.6) is 0 Å². The van der Waals surface area contributed by atoms with Gasteiger partial charge < -0.3 is 15.2 Å². The molecule has 3 rings (SSSR count). The van der Waals surface area contributed by atoms with Gasteiger partial charge in [0.15, 0.2) is 11.7 Å². The molecule has 0 spiro atoms. The van der Waals surface area contributed by atoms with Crippen LogP contribution >= 0.6 is 0 Å². The van der Waals surface area contributed by atoms with Crippen molar-refractivity contribution in [2.45, 2.75) is 76.8 Å². The summed E-state index contributed by atoms with van der Waals surface area (Å²) in [7, 11) is 1.83. The first-order valence-electron chi connectivity index (χ1n) is 10.4. The fourth-order valence-corrected chi connectivity index (χ4v) is 4.43. The Hall–Kier alpha value is -1.56. The molecule has 2 heterocycles. The molecule has 0 unspecified atom stereocenters. The standard InChI is InChI=1S/C20H35N5O/c1-3-17-14-18(26-24-17)15-22-19(21-2)23-16-20(10-6-4-7-11-20)25-12-8-5-9-13-25/h14H,3-13,15-16H2,1-2H3,(H2,21,22,23). The van der Waals surface area contributed by atoms with Crippen molar-refractivity contribution in [2.75, 3.05) is 26.7 Å². The topological polar surface area (TPSA) is 65.7 Å². The third-order valence-electron chi connectivity index (χ3n) is 6.02. The average Bonchev–Trinajstić information content (AvgIpc) is 3.18. The summed E-state index contributed by atoms with van der Waals surface area (Å²) in [5, 5.41) is 11.0. The maximum atomic E-state index is 5.36. The van der Waals surface area contributed by atoms with E-state index in [0.29, 0.717) is 12.1 Å². The van der Waals surface area contributed by atoms with E-state index in [-0.39, 0.29) is 0 Å². The molecule has 1 saturated carbocycles. The lowest BCUT2D eigenvalue weighted by atomic mass is 9.79. The van der Waals surface area contributed by atoms with Crippen LogP contribution in [0.3, 0.4) is 0 Å². The van der Waals surface area contributed by atoms with E-state index >= 15 is 0 Å². The minimum absolute atomic E-state index is 0.303. The van der Waals surface area contributed by atoms with Gasteiger partial charge in [0.2, 0.25) is 0 Å². The Morgan fingerprint density at radius 1 is 1.15 bits per heavy atom. The van der Waals surface area contributed by atoms with Crippen molar-refractivity contribution in [1.82, 2.24) is 20.7 Å². The zero-order chi connectivity index (χ0) is 18.2. The summed E-state index contributed by atoms with van der Waals surface area (Å²) in [6.45, 7) is 6.18. The van der Waals surface area contributed by atoms with E-state index in [0.717, 1.165) is 30.4 Å². The van der Waals surface area contributed by atoms with Crippen LogP contribution in [0, 0.1) is 0 Å². The molecule has 1 aromatic heterocycles. The van der Waals surface area contributed by atoms with Crippen LogP contribution in [0.15, 0.2) is 15.6 Å². The highest BCUT2D eigenvalue weighted by Gasteiger charge is 2.38. The predicted octanol–water partition coefficient (Wildman–Crippen LogP) is 3.09. The smallest absolute Gasteiger partial charge is 0.191 e. The monoisotopic (exact) mass is 361 g/mol. The van der Waals surface area contributed by atoms with Gasteiger partial charge in [0.05, 0.1) is 12.2 Å². The summed E-state index contributed by atoms with van der Waals surface area (Å²) in [6.07, 6.45) is 11.7. The fraction of sp³-hybridized carbons (Fsp3) is 0.800. The number of aromatic nitrogens is 1. The van der Waals surface area contributed by atoms with E-state index < -0.39 is 0 Å². The number of likely N-dealkylation sites (tertiary alicyclic amines) is 1. The molecule has 6 nitrogen and oxygen atoms in total. The van der Waals surface area contributed by atoms with E-state index in [9.17, 15) is 0 Å². The van der Waals surface area contributed by atoms with Gasteiger partial charge >= 0.3 is 0 Å². The number of piperidine rings is 1. The molecule has 0 bridgehead atoms. The van der Waals surface area contributed by atoms with Crippen molar-refractivity contribution in [3.8, 4) is 0 Å². The molecule has 2 aliphatic rings. The van der Waals surface area contributed by atoms with Gasteiger partial charge in [0.25, 0.3) is 0 Å². The highest BCUT2D eigenvalue weighted by Crippen LogP contribution is 2.35. The minimum atomic E-state index is 0.303. The number of aliphatic imine (C=N–C) groups is 1. The molecule has 0 radical (unpaired) electrons. The summed E-state index contributed by atoms with van der Waals surface area (Å²) >= 11 is 0. The number of rotatable bonds is 6. The van der Waals surface area contributed by atoms with Crippen LogP contribution in [-0.4, -0.2) is 48.2 Å². The highest BCUT2D eigenvalue weighted by atomic mass is 16.5. The molecule has 0 amide bonds. The van der Waals surface area contributed by atoms with Crippen LogP contribution in [0.1, 0.15) is 69.7 Å². The van der Waals surface area contributed by atoms with Crippen molar-refractivity contribution in [3.05, 3.63) is 17.5 Å². The molecule has 6 heteroatoms. The predicted molar refractivity (Wildman–Crippen MR) is 105 cm³/mol. The largest absolute Gasteiger partial charge is 0.359 e. The maximum absolute atomic E-state index is 5.36. The normalized spacial score (nSPS) is 21.5. The summed E-state index contributed by atoms with van der Waals surface area (Å²) in [4.78, 5) is 7.17. The molecule has 1 aromatic rings. The summed E-state index contributed by atoms with van der Waals surface area (Å²) in [5.74, 6) is 1.70. The van der Waals surface area contributed by atoms with Gasteiger partial charge in [-0.05, 0) is 45.2 Å². The van der Waals surface area contributed by atoms with E-state index in [2.05, 4.69) is 32.6 Å². The number of hydrogen-bond acceptors (Lipinski definition) is 4. The molecule has 2 fully saturated rings. The fourth-order valence-electron chi connectivity index (χ4n) is 4.43. The lowest BCUT2D eigenvalue weighted by molar-refractivity contribution is 0.0368. The lowest BCUT2D eigenvalue weighted by Crippen LogP contribution is -2.59. The van der Waals surface area contributed by atoms with Gasteiger partial charge in [-0.3, -0.25) is 9.89 Å². The van der Waals surface area contributed by atoms with Gasteiger partial charge in [0.1, 0.15) is 0 Å². The molecular formula is C20H35N5O. The van der Waals surface area contributed by atoms with Crippen molar-refractivity contribution in [2.24, 2.45) is 4.99 Å². The van der Waals surface area contributed by atoms with Crippen molar-refractivity contribution < 1.29 is 4.52 Å². The second kappa shape index (κ2) is 9.40. The Morgan fingerprint density at radius 2 is 1.88 bits per heavy atom. The second-order valence-corrected chi connectivity index (χ2v) is 7.75. The van der Waals surface area contributed by atoms with E-state index in [4.69, 9.17) is 4.52 Å². The number of aryl methyl sites for hydroxylation is 1. The average molecular weight is 362 g/mol. The number of guanidine groups is 1. The van der Waals surface area contributed by atoms with Crippen LogP contribution < -0.4 is 10.6 Å². The Bertz CT molecular complexity index is 571. The Morgan fingerprint density at radius 3 is 2.54 bits per heavy atom. The maximum Gasteiger partial charge on any atom is 0.191 e. The zero-order valence-electron chi connectivity index (χ0n) is 16.5. The summed E-state index contributed by atoms with van der Waals surface area (Å²) in [6, 6.07) is 2.01. The molecule has 26 heavy (non-hydrogen) atoms. The Balaban J connectivity index is 1.55. The Labute approximate surface area is 157 Å². The summed E-state index contributed by atoms with van der Waals surface area (Å²) in [5.41, 5.74) is 1.30. The summed E-state index contributed by atoms with van der Waals surface area (Å²) < 4.78 is 5.36. The van der Waals surface area contributed by atoms with Crippen LogP contribution in [-0.2, 0) is 13.0 Å². The molecule has 2 N–H and O–H groups in total. The molecule has 1 saturated heterocycles. The first-order valence-corrected chi connectivity index (χ1v) is 10.4. The lowest BCUT2D eigenvalue weighted by Gasteiger charge is -2.48. The number of hydrogen-bond donors (Lipinski definition) is 2. The van der Waals surface area contributed by atoms with Crippen molar-refractivity contribution in [3.63, 3.8) is 0 Å².